The maximum Gasteiger partial charge on any atom is 0.154 e. The Morgan fingerprint density at radius 2 is 1.12 bits per heavy atom. The molecule has 3 heteroatoms. The fourth-order valence-electron chi connectivity index (χ4n) is 4.68. The lowest BCUT2D eigenvalue weighted by atomic mass is 9.61. The average Bonchev–Trinajstić information content (AvgIpc) is 3.51. The number of halogens is 2. The number of benzene rings is 2. The molecule has 0 radical (unpaired) electrons. The van der Waals surface area contributed by atoms with Gasteiger partial charge in [-0.2, -0.15) is 0 Å². The number of carbonyl (C=O) groups excluding carboxylic acids is 1. The van der Waals surface area contributed by atoms with E-state index < -0.39 is 10.8 Å². The molecule has 2 aromatic carbocycles. The molecule has 0 N–H and O–H groups in total. The van der Waals surface area contributed by atoms with Gasteiger partial charge in [0.05, 0.1) is 10.8 Å². The largest absolute Gasteiger partial charge is 0.298 e. The van der Waals surface area contributed by atoms with Gasteiger partial charge in [-0.15, -0.1) is 0 Å². The van der Waals surface area contributed by atoms with Crippen LogP contribution in [0.25, 0.3) is 0 Å². The zero-order valence-electron chi connectivity index (χ0n) is 15.3. The lowest BCUT2D eigenvalue weighted by Crippen LogP contribution is -2.49. The molecule has 0 spiro atoms. The summed E-state index contributed by atoms with van der Waals surface area (Å²) in [7, 11) is 0. The van der Waals surface area contributed by atoms with Crippen molar-refractivity contribution in [3.8, 4) is 0 Å². The van der Waals surface area contributed by atoms with Crippen molar-refractivity contribution in [2.75, 3.05) is 0 Å². The molecule has 26 heavy (non-hydrogen) atoms. The Morgan fingerprint density at radius 1 is 0.769 bits per heavy atom. The van der Waals surface area contributed by atoms with Crippen LogP contribution in [0.3, 0.4) is 0 Å². The van der Waals surface area contributed by atoms with Gasteiger partial charge in [-0.05, 0) is 63.5 Å². The van der Waals surface area contributed by atoms with E-state index >= 15 is 0 Å². The van der Waals surface area contributed by atoms with Gasteiger partial charge >= 0.3 is 0 Å². The van der Waals surface area contributed by atoms with Crippen LogP contribution in [-0.2, 0) is 15.6 Å². The molecule has 2 aliphatic rings. The van der Waals surface area contributed by atoms with Crippen LogP contribution in [0.15, 0.2) is 48.5 Å². The van der Waals surface area contributed by atoms with Crippen LogP contribution in [0.1, 0.15) is 50.7 Å². The number of hydrogen-bond donors (Lipinski definition) is 0. The number of hydrogen-bond acceptors (Lipinski definition) is 1. The molecule has 2 aromatic rings. The first-order valence-electron chi connectivity index (χ1n) is 9.45. The van der Waals surface area contributed by atoms with E-state index in [4.69, 9.17) is 0 Å². The van der Waals surface area contributed by atoms with Gasteiger partial charge in [0.2, 0.25) is 0 Å². The second-order valence-electron chi connectivity index (χ2n) is 8.24. The Balaban J connectivity index is 1.87. The summed E-state index contributed by atoms with van der Waals surface area (Å²) in [6.45, 7) is 3.74. The molecule has 2 aliphatic carbocycles. The molecule has 2 atom stereocenters. The van der Waals surface area contributed by atoms with Crippen molar-refractivity contribution >= 4 is 5.78 Å². The summed E-state index contributed by atoms with van der Waals surface area (Å²) in [4.78, 5) is 14.0. The Morgan fingerprint density at radius 3 is 1.42 bits per heavy atom. The highest BCUT2D eigenvalue weighted by Gasteiger charge is 2.59. The van der Waals surface area contributed by atoms with Crippen LogP contribution >= 0.6 is 0 Å². The van der Waals surface area contributed by atoms with Crippen molar-refractivity contribution in [2.24, 2.45) is 11.8 Å². The van der Waals surface area contributed by atoms with Crippen LogP contribution in [0.2, 0.25) is 0 Å². The minimum absolute atomic E-state index is 0.0369. The molecule has 2 fully saturated rings. The second-order valence-corrected chi connectivity index (χ2v) is 8.24. The molecule has 0 heterocycles. The third-order valence-corrected chi connectivity index (χ3v) is 6.60. The standard InChI is InChI=1S/C23H24F2O/c1-22(15-11-12-15,17-7-3-5-9-19(17)24)21(26)23(2,16-13-14-16)18-8-4-6-10-20(18)25/h3-10,15-16H,11-14H2,1-2H3. The highest BCUT2D eigenvalue weighted by Crippen LogP contribution is 2.56. The number of carbonyl (C=O) groups is 1. The molecule has 2 saturated carbocycles. The van der Waals surface area contributed by atoms with E-state index in [9.17, 15) is 13.6 Å². The summed E-state index contributed by atoms with van der Waals surface area (Å²) in [6.07, 6.45) is 3.65. The Bertz CT molecular complexity index is 783. The fourth-order valence-corrected chi connectivity index (χ4v) is 4.68. The average molecular weight is 354 g/mol. The predicted molar refractivity (Wildman–Crippen MR) is 98.0 cm³/mol. The zero-order valence-corrected chi connectivity index (χ0v) is 15.3. The van der Waals surface area contributed by atoms with Crippen molar-refractivity contribution < 1.29 is 13.6 Å². The van der Waals surface area contributed by atoms with Crippen molar-refractivity contribution in [1.29, 1.82) is 0 Å². The van der Waals surface area contributed by atoms with Crippen molar-refractivity contribution in [3.05, 3.63) is 71.3 Å². The first-order chi connectivity index (χ1) is 12.4. The smallest absolute Gasteiger partial charge is 0.154 e. The topological polar surface area (TPSA) is 17.1 Å². The first-order valence-corrected chi connectivity index (χ1v) is 9.45. The van der Waals surface area contributed by atoms with Crippen LogP contribution in [0, 0.1) is 23.5 Å². The zero-order chi connectivity index (χ0) is 18.5. The fraction of sp³-hybridized carbons (Fsp3) is 0.435. The van der Waals surface area contributed by atoms with Gasteiger partial charge < -0.3 is 0 Å². The predicted octanol–water partition coefficient (Wildman–Crippen LogP) is 5.57. The summed E-state index contributed by atoms with van der Waals surface area (Å²) in [6, 6.07) is 13.1. The molecule has 0 amide bonds. The third-order valence-electron chi connectivity index (χ3n) is 6.60. The van der Waals surface area contributed by atoms with Crippen LogP contribution in [0.5, 0.6) is 0 Å². The van der Waals surface area contributed by atoms with Gasteiger partial charge in [0.25, 0.3) is 0 Å². The van der Waals surface area contributed by atoms with Crippen molar-refractivity contribution in [3.63, 3.8) is 0 Å². The highest BCUT2D eigenvalue weighted by molar-refractivity contribution is 5.99. The van der Waals surface area contributed by atoms with Gasteiger partial charge in [0, 0.05) is 11.1 Å². The van der Waals surface area contributed by atoms with Crippen LogP contribution < -0.4 is 0 Å². The lowest BCUT2D eigenvalue weighted by molar-refractivity contribution is -0.131. The first kappa shape index (κ1) is 17.4. The lowest BCUT2D eigenvalue weighted by Gasteiger charge is -2.40. The number of Topliss-reactive ketones (excluding diaryl/α,β-unsaturated/α-hetero) is 1. The van der Waals surface area contributed by atoms with E-state index in [1.54, 1.807) is 36.4 Å². The Kier molecular flexibility index (Phi) is 4.02. The number of rotatable bonds is 6. The van der Waals surface area contributed by atoms with Gasteiger partial charge in [-0.25, -0.2) is 8.78 Å². The second kappa shape index (κ2) is 6.00. The summed E-state index contributed by atoms with van der Waals surface area (Å²) in [5.41, 5.74) is -0.943. The highest BCUT2D eigenvalue weighted by atomic mass is 19.1. The monoisotopic (exact) mass is 354 g/mol. The minimum atomic E-state index is -0.926. The quantitative estimate of drug-likeness (QED) is 0.663. The molecule has 4 rings (SSSR count). The van der Waals surface area contributed by atoms with E-state index in [0.29, 0.717) is 11.1 Å². The SMILES string of the molecule is CC(C(=O)C(C)(c1ccccc1F)C1CC1)(c1ccccc1F)C1CC1. The molecular formula is C23H24F2O. The van der Waals surface area contributed by atoms with E-state index in [1.165, 1.54) is 12.1 Å². The van der Waals surface area contributed by atoms with Gasteiger partial charge in [-0.1, -0.05) is 36.4 Å². The van der Waals surface area contributed by atoms with E-state index in [2.05, 4.69) is 0 Å². The van der Waals surface area contributed by atoms with E-state index in [1.807, 2.05) is 13.8 Å². The summed E-state index contributed by atoms with van der Waals surface area (Å²) in [5, 5.41) is 0. The summed E-state index contributed by atoms with van der Waals surface area (Å²) >= 11 is 0. The van der Waals surface area contributed by atoms with Gasteiger partial charge in [0.1, 0.15) is 11.6 Å². The molecule has 0 bridgehead atoms. The molecule has 0 aliphatic heterocycles. The van der Waals surface area contributed by atoms with Gasteiger partial charge in [0.15, 0.2) is 5.78 Å². The molecule has 0 saturated heterocycles. The third kappa shape index (κ3) is 2.52. The molecule has 136 valence electrons. The molecular weight excluding hydrogens is 330 g/mol. The van der Waals surface area contributed by atoms with Crippen molar-refractivity contribution in [1.82, 2.24) is 0 Å². The molecule has 0 aromatic heterocycles. The maximum atomic E-state index is 14.7. The maximum absolute atomic E-state index is 14.7. The van der Waals surface area contributed by atoms with E-state index in [-0.39, 0.29) is 29.3 Å². The Hall–Kier alpha value is -2.03. The molecule has 1 nitrogen and oxygen atoms in total. The van der Waals surface area contributed by atoms with Crippen LogP contribution in [-0.4, -0.2) is 5.78 Å². The molecule has 2 unspecified atom stereocenters. The summed E-state index contributed by atoms with van der Waals surface area (Å²) in [5.74, 6) is -0.484. The van der Waals surface area contributed by atoms with Crippen molar-refractivity contribution in [2.45, 2.75) is 50.4 Å². The Labute approximate surface area is 153 Å². The van der Waals surface area contributed by atoms with E-state index in [0.717, 1.165) is 25.7 Å². The minimum Gasteiger partial charge on any atom is -0.298 e. The summed E-state index contributed by atoms with van der Waals surface area (Å²) < 4.78 is 29.4. The van der Waals surface area contributed by atoms with Gasteiger partial charge in [-0.3, -0.25) is 4.79 Å². The normalized spacial score (nSPS) is 21.7. The van der Waals surface area contributed by atoms with Crippen LogP contribution in [0.4, 0.5) is 8.78 Å². The number of ketones is 1.